The van der Waals surface area contributed by atoms with E-state index in [1.54, 1.807) is 0 Å². The molecule has 0 aromatic heterocycles. The molecule has 0 unspecified atom stereocenters. The minimum absolute atomic E-state index is 0.0671. The van der Waals surface area contributed by atoms with Crippen molar-refractivity contribution in [2.45, 2.75) is 0 Å². The van der Waals surface area contributed by atoms with Crippen molar-refractivity contribution in [2.75, 3.05) is 20.0 Å². The normalized spacial score (nSPS) is 10.1. The van der Waals surface area contributed by atoms with Crippen LogP contribution in [0.1, 0.15) is 10.4 Å². The van der Waals surface area contributed by atoms with Gasteiger partial charge in [-0.05, 0) is 29.8 Å². The molecule has 6 nitrogen and oxygen atoms in total. The molecule has 0 heterocycles. The van der Waals surface area contributed by atoms with Gasteiger partial charge in [-0.1, -0.05) is 0 Å². The SMILES string of the molecule is CF.COc1cc(N)ccc1C(=O)Oc1cc(F)c(-c2ccc([NH2+]O)cc2)c(F)c1. The second-order valence-corrected chi connectivity index (χ2v) is 5.86. The van der Waals surface area contributed by atoms with Crippen molar-refractivity contribution in [3.63, 3.8) is 0 Å². The van der Waals surface area contributed by atoms with Gasteiger partial charge in [-0.3, -0.25) is 4.39 Å². The van der Waals surface area contributed by atoms with E-state index in [1.165, 1.54) is 49.6 Å². The monoisotopic (exact) mass is 421 g/mol. The van der Waals surface area contributed by atoms with Gasteiger partial charge in [0.1, 0.15) is 28.7 Å². The average Bonchev–Trinajstić information content (AvgIpc) is 2.75. The van der Waals surface area contributed by atoms with Gasteiger partial charge in [-0.2, -0.15) is 5.48 Å². The van der Waals surface area contributed by atoms with Gasteiger partial charge in [0.15, 0.2) is 5.69 Å². The van der Waals surface area contributed by atoms with Crippen LogP contribution in [-0.4, -0.2) is 25.5 Å². The Bertz CT molecular complexity index is 1000. The molecule has 0 fully saturated rings. The minimum atomic E-state index is -0.896. The Kier molecular flexibility index (Phi) is 7.79. The van der Waals surface area contributed by atoms with Crippen LogP contribution in [0.25, 0.3) is 11.1 Å². The van der Waals surface area contributed by atoms with Crippen LogP contribution >= 0.6 is 0 Å². The maximum atomic E-state index is 14.5. The maximum Gasteiger partial charge on any atom is 0.347 e. The molecule has 0 amide bonds. The van der Waals surface area contributed by atoms with E-state index in [1.807, 2.05) is 0 Å². The molecular weight excluding hydrogens is 401 g/mol. The smallest absolute Gasteiger partial charge is 0.347 e. The topological polar surface area (TPSA) is 98.4 Å². The first-order chi connectivity index (χ1) is 14.4. The zero-order valence-electron chi connectivity index (χ0n) is 16.2. The van der Waals surface area contributed by atoms with Crippen LogP contribution in [0, 0.1) is 11.6 Å². The third-order valence-corrected chi connectivity index (χ3v) is 4.02. The van der Waals surface area contributed by atoms with Crippen LogP contribution in [0.3, 0.4) is 0 Å². The van der Waals surface area contributed by atoms with Gasteiger partial charge >= 0.3 is 5.97 Å². The predicted molar refractivity (Wildman–Crippen MR) is 105 cm³/mol. The van der Waals surface area contributed by atoms with Crippen molar-refractivity contribution >= 4 is 17.3 Å². The van der Waals surface area contributed by atoms with Gasteiger partial charge in [0.05, 0.1) is 19.9 Å². The molecule has 0 saturated carbocycles. The number of anilines is 1. The summed E-state index contributed by atoms with van der Waals surface area (Å²) in [6.45, 7) is 0. The standard InChI is InChI=1S/C20H16F2N2O4.CH3F/c1-27-18-8-12(23)4-7-15(18)20(25)28-14-9-16(21)19(17(22)10-14)11-2-5-13(24-26)6-3-11;1-2/h2-10,24,26H,23H2,1H3;1H3/p+1. The summed E-state index contributed by atoms with van der Waals surface area (Å²) in [4.78, 5) is 12.3. The lowest BCUT2D eigenvalue weighted by molar-refractivity contribution is -0.825. The highest BCUT2D eigenvalue weighted by atomic mass is 19.1. The summed E-state index contributed by atoms with van der Waals surface area (Å²) in [6.07, 6.45) is 0. The van der Waals surface area contributed by atoms with Gasteiger partial charge in [-0.25, -0.2) is 18.8 Å². The van der Waals surface area contributed by atoms with Crippen LogP contribution in [0.5, 0.6) is 11.5 Å². The van der Waals surface area contributed by atoms with E-state index in [-0.39, 0.29) is 28.2 Å². The van der Waals surface area contributed by atoms with Crippen LogP contribution < -0.4 is 20.7 Å². The van der Waals surface area contributed by atoms with Crippen LogP contribution in [0.2, 0.25) is 0 Å². The van der Waals surface area contributed by atoms with E-state index in [2.05, 4.69) is 0 Å². The predicted octanol–water partition coefficient (Wildman–Crippen LogP) is 3.61. The third kappa shape index (κ3) is 5.07. The number of alkyl halides is 1. The summed E-state index contributed by atoms with van der Waals surface area (Å²) in [5, 5.41) is 8.94. The number of carbonyl (C=O) groups excluding carboxylic acids is 1. The Morgan fingerprint density at radius 2 is 1.60 bits per heavy atom. The zero-order valence-corrected chi connectivity index (χ0v) is 16.2. The van der Waals surface area contributed by atoms with E-state index in [0.29, 0.717) is 18.6 Å². The summed E-state index contributed by atoms with van der Waals surface area (Å²) < 4.78 is 48.7. The van der Waals surface area contributed by atoms with Crippen molar-refractivity contribution in [2.24, 2.45) is 0 Å². The minimum Gasteiger partial charge on any atom is -0.496 e. The molecule has 3 aromatic carbocycles. The molecule has 30 heavy (non-hydrogen) atoms. The fourth-order valence-electron chi connectivity index (χ4n) is 2.66. The van der Waals surface area contributed by atoms with Crippen LogP contribution in [0.4, 0.5) is 24.5 Å². The number of ether oxygens (including phenoxy) is 2. The lowest BCUT2D eigenvalue weighted by atomic mass is 10.0. The first-order valence-corrected chi connectivity index (χ1v) is 8.53. The third-order valence-electron chi connectivity index (χ3n) is 4.02. The molecule has 0 aliphatic carbocycles. The molecule has 0 atom stereocenters. The Balaban J connectivity index is 0.00000155. The summed E-state index contributed by atoms with van der Waals surface area (Å²) in [5.41, 5.74) is 7.47. The number of halogens is 3. The number of esters is 1. The molecule has 9 heteroatoms. The molecule has 0 aliphatic heterocycles. The number of hydrogen-bond donors (Lipinski definition) is 3. The highest BCUT2D eigenvalue weighted by Crippen LogP contribution is 2.31. The van der Waals surface area contributed by atoms with Gasteiger partial charge < -0.3 is 15.2 Å². The zero-order chi connectivity index (χ0) is 22.3. The Morgan fingerprint density at radius 3 is 2.13 bits per heavy atom. The highest BCUT2D eigenvalue weighted by molar-refractivity contribution is 5.94. The van der Waals surface area contributed by atoms with Crippen molar-refractivity contribution in [3.05, 3.63) is 71.8 Å². The Hall–Kier alpha value is -3.56. The Labute approximate surface area is 170 Å². The van der Waals surface area contributed by atoms with Gasteiger partial charge in [0.25, 0.3) is 0 Å². The molecule has 0 spiro atoms. The number of quaternary nitrogens is 1. The first-order valence-electron chi connectivity index (χ1n) is 8.53. The van der Waals surface area contributed by atoms with Crippen molar-refractivity contribution in [1.82, 2.24) is 0 Å². The lowest BCUT2D eigenvalue weighted by Crippen LogP contribution is -2.73. The Morgan fingerprint density at radius 1 is 1.00 bits per heavy atom. The van der Waals surface area contributed by atoms with E-state index < -0.39 is 17.6 Å². The molecule has 3 rings (SSSR count). The summed E-state index contributed by atoms with van der Waals surface area (Å²) in [7, 11) is 1.86. The fraction of sp³-hybridized carbons (Fsp3) is 0.0952. The first kappa shape index (κ1) is 22.7. The lowest BCUT2D eigenvalue weighted by Gasteiger charge is -2.11. The molecule has 0 bridgehead atoms. The number of nitrogens with two attached hydrogens (primary N) is 2. The molecule has 5 N–H and O–H groups in total. The molecular formula is C21H20F3N2O4+. The second kappa shape index (κ2) is 10.3. The highest BCUT2D eigenvalue weighted by Gasteiger charge is 2.19. The molecule has 3 aromatic rings. The van der Waals surface area contributed by atoms with Gasteiger partial charge in [-0.15, -0.1) is 0 Å². The number of nitrogen functional groups attached to an aromatic ring is 1. The fourth-order valence-corrected chi connectivity index (χ4v) is 2.66. The number of benzene rings is 3. The van der Waals surface area contributed by atoms with E-state index in [9.17, 15) is 18.0 Å². The number of hydrogen-bond acceptors (Lipinski definition) is 5. The molecule has 158 valence electrons. The summed E-state index contributed by atoms with van der Waals surface area (Å²) in [6, 6.07) is 12.1. The second-order valence-electron chi connectivity index (χ2n) is 5.86. The van der Waals surface area contributed by atoms with Gasteiger partial charge in [0.2, 0.25) is 0 Å². The maximum absolute atomic E-state index is 14.5. The van der Waals surface area contributed by atoms with Crippen LogP contribution in [0.15, 0.2) is 54.6 Å². The van der Waals surface area contributed by atoms with Gasteiger partial charge in [0, 0.05) is 36.0 Å². The average molecular weight is 421 g/mol. The number of carbonyl (C=O) groups is 1. The molecule has 0 saturated heterocycles. The number of methoxy groups -OCH3 is 1. The molecule has 0 aliphatic rings. The largest absolute Gasteiger partial charge is 0.496 e. The summed E-state index contributed by atoms with van der Waals surface area (Å²) >= 11 is 0. The van der Waals surface area contributed by atoms with Crippen molar-refractivity contribution in [1.29, 1.82) is 0 Å². The molecule has 0 radical (unpaired) electrons. The number of rotatable bonds is 5. The van der Waals surface area contributed by atoms with Crippen molar-refractivity contribution < 1.29 is 38.1 Å². The summed E-state index contributed by atoms with van der Waals surface area (Å²) in [5.74, 6) is -2.74. The van der Waals surface area contributed by atoms with E-state index >= 15 is 0 Å². The quantitative estimate of drug-likeness (QED) is 0.253. The van der Waals surface area contributed by atoms with E-state index in [0.717, 1.165) is 17.6 Å². The van der Waals surface area contributed by atoms with E-state index in [4.69, 9.17) is 20.4 Å². The van der Waals surface area contributed by atoms with Crippen LogP contribution in [-0.2, 0) is 0 Å². The van der Waals surface area contributed by atoms with Crippen molar-refractivity contribution in [3.8, 4) is 22.6 Å².